The Kier molecular flexibility index (Phi) is 4.86. The Balaban J connectivity index is 1.42. The van der Waals surface area contributed by atoms with E-state index in [-0.39, 0.29) is 11.1 Å². The van der Waals surface area contributed by atoms with E-state index in [1.807, 2.05) is 48.7 Å². The van der Waals surface area contributed by atoms with Crippen LogP contribution in [0.15, 0.2) is 58.1 Å². The third-order valence-corrected chi connectivity index (χ3v) is 6.07. The number of aromatic nitrogens is 5. The summed E-state index contributed by atoms with van der Waals surface area (Å²) in [6.07, 6.45) is 2.08. The van der Waals surface area contributed by atoms with Crippen LogP contribution in [0.25, 0.3) is 22.8 Å². The van der Waals surface area contributed by atoms with Crippen molar-refractivity contribution in [2.45, 2.75) is 43.1 Å². The molecule has 5 rings (SSSR count). The number of hydrogen-bond donors (Lipinski definition) is 0. The van der Waals surface area contributed by atoms with Gasteiger partial charge in [-0.1, -0.05) is 41.6 Å². The predicted molar refractivity (Wildman–Crippen MR) is 112 cm³/mol. The van der Waals surface area contributed by atoms with Gasteiger partial charge in [-0.2, -0.15) is 0 Å². The lowest BCUT2D eigenvalue weighted by molar-refractivity contribution is 0.508. The van der Waals surface area contributed by atoms with Gasteiger partial charge in [-0.15, -0.1) is 20.4 Å². The maximum Gasteiger partial charge on any atom is 0.247 e. The summed E-state index contributed by atoms with van der Waals surface area (Å²) >= 11 is 1.50. The van der Waals surface area contributed by atoms with Crippen molar-refractivity contribution in [3.63, 3.8) is 0 Å². The molecule has 0 radical (unpaired) electrons. The lowest BCUT2D eigenvalue weighted by atomic mass is 10.1. The first-order chi connectivity index (χ1) is 14.6. The van der Waals surface area contributed by atoms with Gasteiger partial charge in [0.2, 0.25) is 11.8 Å². The molecule has 2 heterocycles. The molecule has 8 heteroatoms. The van der Waals surface area contributed by atoms with Crippen LogP contribution in [0.5, 0.6) is 0 Å². The van der Waals surface area contributed by atoms with Gasteiger partial charge in [0.15, 0.2) is 11.0 Å². The third-order valence-electron chi connectivity index (χ3n) is 5.03. The van der Waals surface area contributed by atoms with Crippen LogP contribution in [0.1, 0.15) is 42.5 Å². The fourth-order valence-electron chi connectivity index (χ4n) is 3.35. The smallest absolute Gasteiger partial charge is 0.247 e. The summed E-state index contributed by atoms with van der Waals surface area (Å²) < 4.78 is 22.3. The second-order valence-electron chi connectivity index (χ2n) is 7.46. The van der Waals surface area contributed by atoms with E-state index in [2.05, 4.69) is 20.4 Å². The summed E-state index contributed by atoms with van der Waals surface area (Å²) in [6.45, 7) is 4.02. The van der Waals surface area contributed by atoms with E-state index in [4.69, 9.17) is 4.42 Å². The van der Waals surface area contributed by atoms with Crippen molar-refractivity contribution in [2.75, 3.05) is 0 Å². The van der Waals surface area contributed by atoms with Crippen LogP contribution in [0, 0.1) is 12.7 Å². The number of hydrogen-bond acceptors (Lipinski definition) is 6. The van der Waals surface area contributed by atoms with Crippen molar-refractivity contribution < 1.29 is 8.81 Å². The normalized spacial score (nSPS) is 14.8. The zero-order valence-corrected chi connectivity index (χ0v) is 17.4. The Morgan fingerprint density at radius 3 is 2.67 bits per heavy atom. The van der Waals surface area contributed by atoms with Crippen LogP contribution in [0.2, 0.25) is 0 Å². The Labute approximate surface area is 177 Å². The van der Waals surface area contributed by atoms with Gasteiger partial charge in [-0.3, -0.25) is 4.57 Å². The van der Waals surface area contributed by atoms with Crippen molar-refractivity contribution >= 4 is 11.8 Å². The van der Waals surface area contributed by atoms with Gasteiger partial charge in [0, 0.05) is 11.6 Å². The minimum atomic E-state index is -0.295. The highest BCUT2D eigenvalue weighted by Crippen LogP contribution is 2.44. The number of nitrogens with zero attached hydrogens (tertiary/aromatic N) is 5. The first kappa shape index (κ1) is 19.0. The molecule has 1 aliphatic rings. The highest BCUT2D eigenvalue weighted by Gasteiger charge is 2.32. The topological polar surface area (TPSA) is 69.6 Å². The van der Waals surface area contributed by atoms with E-state index in [0.717, 1.165) is 29.1 Å². The molecule has 0 aliphatic heterocycles. The first-order valence-corrected chi connectivity index (χ1v) is 10.7. The fraction of sp³-hybridized carbons (Fsp3) is 0.273. The summed E-state index contributed by atoms with van der Waals surface area (Å²) in [5, 5.41) is 17.7. The molecule has 0 saturated heterocycles. The van der Waals surface area contributed by atoms with Crippen LogP contribution >= 0.6 is 11.8 Å². The van der Waals surface area contributed by atoms with E-state index in [9.17, 15) is 4.39 Å². The highest BCUT2D eigenvalue weighted by molar-refractivity contribution is 7.99. The second kappa shape index (κ2) is 7.68. The molecule has 2 aromatic heterocycles. The summed E-state index contributed by atoms with van der Waals surface area (Å²) in [5.41, 5.74) is 2.50. The number of rotatable bonds is 6. The van der Waals surface area contributed by atoms with Crippen LogP contribution in [-0.4, -0.2) is 25.0 Å². The first-order valence-electron chi connectivity index (χ1n) is 9.87. The SMILES string of the molecule is Cc1cccc(-c2nnc([C@@H](C)Sc3nnc(-c4ccccc4F)n3C3CC3)o2)c1. The van der Waals surface area contributed by atoms with Gasteiger partial charge in [0.1, 0.15) is 5.82 Å². The Morgan fingerprint density at radius 2 is 1.90 bits per heavy atom. The number of aryl methyl sites for hydroxylation is 1. The molecule has 152 valence electrons. The van der Waals surface area contributed by atoms with Crippen LogP contribution in [0.3, 0.4) is 0 Å². The van der Waals surface area contributed by atoms with Gasteiger partial charge in [0.05, 0.1) is 10.8 Å². The number of halogens is 1. The quantitative estimate of drug-likeness (QED) is 0.376. The van der Waals surface area contributed by atoms with Crippen molar-refractivity contribution in [1.82, 2.24) is 25.0 Å². The summed E-state index contributed by atoms with van der Waals surface area (Å²) in [5.74, 6) is 1.29. The van der Waals surface area contributed by atoms with Gasteiger partial charge in [-0.25, -0.2) is 4.39 Å². The average molecular weight is 422 g/mol. The largest absolute Gasteiger partial charge is 0.419 e. The van der Waals surface area contributed by atoms with E-state index >= 15 is 0 Å². The Morgan fingerprint density at radius 1 is 1.07 bits per heavy atom. The van der Waals surface area contributed by atoms with E-state index in [1.165, 1.54) is 17.8 Å². The van der Waals surface area contributed by atoms with Crippen molar-refractivity contribution in [3.05, 3.63) is 65.8 Å². The van der Waals surface area contributed by atoms with Crippen LogP contribution in [-0.2, 0) is 0 Å². The molecule has 1 atom stereocenters. The third kappa shape index (κ3) is 3.63. The Bertz CT molecular complexity index is 1200. The lowest BCUT2D eigenvalue weighted by Gasteiger charge is -2.11. The molecule has 1 aliphatic carbocycles. The van der Waals surface area contributed by atoms with Gasteiger partial charge < -0.3 is 4.42 Å². The molecular weight excluding hydrogens is 401 g/mol. The standard InChI is InChI=1S/C22H20FN5OS/c1-13-6-5-7-15(12-13)21-26-25-20(29-21)14(2)30-22-27-24-19(28(22)16-10-11-16)17-8-3-4-9-18(17)23/h3-9,12,14,16H,10-11H2,1-2H3/t14-/m1/s1. The molecule has 6 nitrogen and oxygen atoms in total. The lowest BCUT2D eigenvalue weighted by Crippen LogP contribution is -2.02. The molecule has 4 aromatic rings. The van der Waals surface area contributed by atoms with Crippen LogP contribution in [0.4, 0.5) is 4.39 Å². The average Bonchev–Trinajstić information content (AvgIpc) is 3.30. The molecule has 0 N–H and O–H groups in total. The summed E-state index contributed by atoms with van der Waals surface area (Å²) in [4.78, 5) is 0. The van der Waals surface area contributed by atoms with Crippen molar-refractivity contribution in [3.8, 4) is 22.8 Å². The molecule has 0 unspecified atom stereocenters. The molecule has 0 amide bonds. The number of thioether (sulfide) groups is 1. The van der Waals surface area contributed by atoms with E-state index < -0.39 is 0 Å². The second-order valence-corrected chi connectivity index (χ2v) is 8.77. The van der Waals surface area contributed by atoms with E-state index in [0.29, 0.717) is 29.2 Å². The predicted octanol–water partition coefficient (Wildman–Crippen LogP) is 5.63. The van der Waals surface area contributed by atoms with E-state index in [1.54, 1.807) is 12.1 Å². The molecule has 0 bridgehead atoms. The zero-order chi connectivity index (χ0) is 20.7. The summed E-state index contributed by atoms with van der Waals surface area (Å²) in [6, 6.07) is 14.9. The maximum atomic E-state index is 14.3. The minimum Gasteiger partial charge on any atom is -0.419 e. The van der Waals surface area contributed by atoms with Crippen molar-refractivity contribution in [1.29, 1.82) is 0 Å². The molecule has 2 aromatic carbocycles. The van der Waals surface area contributed by atoms with Crippen LogP contribution < -0.4 is 0 Å². The molecule has 1 saturated carbocycles. The van der Waals surface area contributed by atoms with Gasteiger partial charge in [-0.05, 0) is 51.0 Å². The maximum absolute atomic E-state index is 14.3. The monoisotopic (exact) mass is 421 g/mol. The number of benzene rings is 2. The molecule has 0 spiro atoms. The molecule has 1 fully saturated rings. The van der Waals surface area contributed by atoms with Gasteiger partial charge >= 0.3 is 0 Å². The Hall–Kier alpha value is -3.00. The van der Waals surface area contributed by atoms with Crippen molar-refractivity contribution in [2.24, 2.45) is 0 Å². The molecule has 30 heavy (non-hydrogen) atoms. The highest BCUT2D eigenvalue weighted by atomic mass is 32.2. The minimum absolute atomic E-state index is 0.119. The molecular formula is C22H20FN5OS. The summed E-state index contributed by atoms with van der Waals surface area (Å²) in [7, 11) is 0. The fourth-order valence-corrected chi connectivity index (χ4v) is 4.30. The zero-order valence-electron chi connectivity index (χ0n) is 16.6. The van der Waals surface area contributed by atoms with Gasteiger partial charge in [0.25, 0.3) is 0 Å².